The number of fused-ring (bicyclic) bond motifs is 1. The number of nitrogens with zero attached hydrogens (tertiary/aromatic N) is 1. The Morgan fingerprint density at radius 2 is 2.13 bits per heavy atom. The second-order valence-electron chi connectivity index (χ2n) is 5.48. The van der Waals surface area contributed by atoms with Crippen LogP contribution in [0.4, 0.5) is 11.4 Å². The van der Waals surface area contributed by atoms with Crippen LogP contribution in [0.25, 0.3) is 0 Å². The SMILES string of the molecule is Nc1cccc2c1CCCN2C(=O)CCNC(=O)c1cccs1. The summed E-state index contributed by atoms with van der Waals surface area (Å²) in [6.07, 6.45) is 2.10. The molecule has 3 N–H and O–H groups in total. The van der Waals surface area contributed by atoms with E-state index in [4.69, 9.17) is 5.73 Å². The summed E-state index contributed by atoms with van der Waals surface area (Å²) >= 11 is 1.39. The Labute approximate surface area is 139 Å². The van der Waals surface area contributed by atoms with Gasteiger partial charge in [0.05, 0.1) is 4.88 Å². The van der Waals surface area contributed by atoms with Crippen molar-refractivity contribution in [3.63, 3.8) is 0 Å². The highest BCUT2D eigenvalue weighted by atomic mass is 32.1. The molecule has 2 amide bonds. The minimum atomic E-state index is -0.129. The number of hydrogen-bond acceptors (Lipinski definition) is 4. The molecule has 2 aromatic rings. The lowest BCUT2D eigenvalue weighted by Crippen LogP contribution is -2.38. The number of nitrogen functional groups attached to an aromatic ring is 1. The summed E-state index contributed by atoms with van der Waals surface area (Å²) in [5.74, 6) is -0.112. The summed E-state index contributed by atoms with van der Waals surface area (Å²) in [5.41, 5.74) is 8.70. The van der Waals surface area contributed by atoms with Gasteiger partial charge in [0.1, 0.15) is 0 Å². The first-order valence-corrected chi connectivity index (χ1v) is 8.54. The zero-order valence-corrected chi connectivity index (χ0v) is 13.6. The first-order chi connectivity index (χ1) is 11.2. The van der Waals surface area contributed by atoms with Crippen LogP contribution in [0.2, 0.25) is 0 Å². The fourth-order valence-corrected chi connectivity index (χ4v) is 3.46. The van der Waals surface area contributed by atoms with Crippen LogP contribution in [0.5, 0.6) is 0 Å². The number of nitrogens with two attached hydrogens (primary N) is 1. The van der Waals surface area contributed by atoms with Gasteiger partial charge in [0, 0.05) is 30.9 Å². The Kier molecular flexibility index (Phi) is 4.62. The van der Waals surface area contributed by atoms with Gasteiger partial charge >= 0.3 is 0 Å². The molecule has 1 aromatic carbocycles. The average molecular weight is 329 g/mol. The minimum Gasteiger partial charge on any atom is -0.398 e. The highest BCUT2D eigenvalue weighted by Crippen LogP contribution is 2.31. The largest absolute Gasteiger partial charge is 0.398 e. The molecule has 0 saturated carbocycles. The van der Waals surface area contributed by atoms with Crippen molar-refractivity contribution in [1.29, 1.82) is 0 Å². The number of hydrogen-bond donors (Lipinski definition) is 2. The van der Waals surface area contributed by atoms with Crippen LogP contribution in [-0.2, 0) is 11.2 Å². The topological polar surface area (TPSA) is 75.4 Å². The Morgan fingerprint density at radius 1 is 1.26 bits per heavy atom. The summed E-state index contributed by atoms with van der Waals surface area (Å²) in [6.45, 7) is 1.04. The fraction of sp³-hybridized carbons (Fsp3) is 0.294. The van der Waals surface area contributed by atoms with Gasteiger partial charge in [0.2, 0.25) is 5.91 Å². The fourth-order valence-electron chi connectivity index (χ4n) is 2.82. The third kappa shape index (κ3) is 3.37. The number of carbonyl (C=O) groups excluding carboxylic acids is 2. The van der Waals surface area contributed by atoms with Crippen molar-refractivity contribution < 1.29 is 9.59 Å². The molecule has 0 unspecified atom stereocenters. The van der Waals surface area contributed by atoms with E-state index in [0.29, 0.717) is 18.0 Å². The first kappa shape index (κ1) is 15.6. The second-order valence-corrected chi connectivity index (χ2v) is 6.42. The van der Waals surface area contributed by atoms with Gasteiger partial charge in [-0.1, -0.05) is 12.1 Å². The number of amides is 2. The molecule has 2 heterocycles. The van der Waals surface area contributed by atoms with E-state index in [9.17, 15) is 9.59 Å². The van der Waals surface area contributed by atoms with Gasteiger partial charge < -0.3 is 16.0 Å². The molecule has 0 spiro atoms. The highest BCUT2D eigenvalue weighted by molar-refractivity contribution is 7.12. The molecule has 3 rings (SSSR count). The predicted molar refractivity (Wildman–Crippen MR) is 92.8 cm³/mol. The van der Waals surface area contributed by atoms with Crippen molar-refractivity contribution in [3.8, 4) is 0 Å². The van der Waals surface area contributed by atoms with E-state index >= 15 is 0 Å². The quantitative estimate of drug-likeness (QED) is 0.846. The normalized spacial score (nSPS) is 13.5. The molecule has 120 valence electrons. The molecular weight excluding hydrogens is 310 g/mol. The summed E-state index contributed by atoms with van der Waals surface area (Å²) in [5, 5.41) is 4.65. The van der Waals surface area contributed by atoms with E-state index < -0.39 is 0 Å². The summed E-state index contributed by atoms with van der Waals surface area (Å²) in [7, 11) is 0. The van der Waals surface area contributed by atoms with Crippen molar-refractivity contribution in [2.45, 2.75) is 19.3 Å². The van der Waals surface area contributed by atoms with E-state index in [2.05, 4.69) is 5.32 Å². The predicted octanol–water partition coefficient (Wildman–Crippen LogP) is 2.43. The van der Waals surface area contributed by atoms with Crippen molar-refractivity contribution in [3.05, 3.63) is 46.2 Å². The van der Waals surface area contributed by atoms with Gasteiger partial charge in [0.25, 0.3) is 5.91 Å². The summed E-state index contributed by atoms with van der Waals surface area (Å²) in [4.78, 5) is 26.8. The van der Waals surface area contributed by atoms with Crippen LogP contribution in [0.15, 0.2) is 35.7 Å². The van der Waals surface area contributed by atoms with Crippen LogP contribution in [0, 0.1) is 0 Å². The number of anilines is 2. The van der Waals surface area contributed by atoms with Gasteiger partial charge in [-0.15, -0.1) is 11.3 Å². The number of carbonyl (C=O) groups is 2. The Balaban J connectivity index is 1.59. The van der Waals surface area contributed by atoms with Crippen LogP contribution in [-0.4, -0.2) is 24.9 Å². The Hall–Kier alpha value is -2.34. The summed E-state index contributed by atoms with van der Waals surface area (Å²) in [6, 6.07) is 9.28. The molecule has 0 saturated heterocycles. The zero-order valence-electron chi connectivity index (χ0n) is 12.7. The van der Waals surface area contributed by atoms with Crippen molar-refractivity contribution in [2.75, 3.05) is 23.7 Å². The maximum absolute atomic E-state index is 12.5. The molecule has 0 aliphatic carbocycles. The molecule has 0 atom stereocenters. The van der Waals surface area contributed by atoms with E-state index in [1.54, 1.807) is 11.0 Å². The maximum Gasteiger partial charge on any atom is 0.261 e. The number of nitrogens with one attached hydrogen (secondary N) is 1. The first-order valence-electron chi connectivity index (χ1n) is 7.66. The van der Waals surface area contributed by atoms with Crippen LogP contribution in [0.1, 0.15) is 28.1 Å². The average Bonchev–Trinajstić information content (AvgIpc) is 3.09. The van der Waals surface area contributed by atoms with E-state index in [0.717, 1.165) is 29.8 Å². The van der Waals surface area contributed by atoms with Gasteiger partial charge in [-0.25, -0.2) is 0 Å². The molecule has 1 aliphatic heterocycles. The molecule has 1 aromatic heterocycles. The van der Waals surface area contributed by atoms with Crippen molar-refractivity contribution in [1.82, 2.24) is 5.32 Å². The number of thiophene rings is 1. The number of rotatable bonds is 4. The molecule has 6 heteroatoms. The lowest BCUT2D eigenvalue weighted by molar-refractivity contribution is -0.118. The molecule has 0 bridgehead atoms. The van der Waals surface area contributed by atoms with Gasteiger partial charge in [-0.2, -0.15) is 0 Å². The molecule has 1 aliphatic rings. The van der Waals surface area contributed by atoms with Gasteiger partial charge in [0.15, 0.2) is 0 Å². The lowest BCUT2D eigenvalue weighted by Gasteiger charge is -2.30. The third-order valence-electron chi connectivity index (χ3n) is 3.96. The standard InChI is InChI=1S/C17H19N3O2S/c18-13-5-1-6-14-12(13)4-2-10-20(14)16(21)8-9-19-17(22)15-7-3-11-23-15/h1,3,5-7,11H,2,4,8-10,18H2,(H,19,22). The Morgan fingerprint density at radius 3 is 2.91 bits per heavy atom. The minimum absolute atomic E-state index is 0.0167. The summed E-state index contributed by atoms with van der Waals surface area (Å²) < 4.78 is 0. The van der Waals surface area contributed by atoms with Crippen molar-refractivity contribution >= 4 is 34.5 Å². The van der Waals surface area contributed by atoms with Gasteiger partial charge in [-0.3, -0.25) is 9.59 Å². The zero-order chi connectivity index (χ0) is 16.2. The molecule has 23 heavy (non-hydrogen) atoms. The van der Waals surface area contributed by atoms with Gasteiger partial charge in [-0.05, 0) is 42.0 Å². The highest BCUT2D eigenvalue weighted by Gasteiger charge is 2.23. The third-order valence-corrected chi connectivity index (χ3v) is 4.83. The second kappa shape index (κ2) is 6.83. The molecule has 0 fully saturated rings. The van der Waals surface area contributed by atoms with Crippen LogP contribution >= 0.6 is 11.3 Å². The molecular formula is C17H19N3O2S. The van der Waals surface area contributed by atoms with Crippen LogP contribution in [0.3, 0.4) is 0 Å². The monoisotopic (exact) mass is 329 g/mol. The van der Waals surface area contributed by atoms with Crippen molar-refractivity contribution in [2.24, 2.45) is 0 Å². The number of benzene rings is 1. The smallest absolute Gasteiger partial charge is 0.261 e. The van der Waals surface area contributed by atoms with E-state index in [1.807, 2.05) is 29.6 Å². The van der Waals surface area contributed by atoms with E-state index in [1.165, 1.54) is 11.3 Å². The van der Waals surface area contributed by atoms with Crippen LogP contribution < -0.4 is 16.0 Å². The molecule has 0 radical (unpaired) electrons. The van der Waals surface area contributed by atoms with E-state index in [-0.39, 0.29) is 18.2 Å². The lowest BCUT2D eigenvalue weighted by atomic mass is 9.99. The maximum atomic E-state index is 12.5. The Bertz CT molecular complexity index is 713. The molecule has 5 nitrogen and oxygen atoms in total.